The number of nitrogens with two attached hydrogens (primary N) is 1. The predicted molar refractivity (Wildman–Crippen MR) is 56.8 cm³/mol. The summed E-state index contributed by atoms with van der Waals surface area (Å²) in [7, 11) is 0. The minimum absolute atomic E-state index is 0.317. The number of hydrogen-bond donors (Lipinski definition) is 2. The lowest BCUT2D eigenvalue weighted by molar-refractivity contribution is 0.474. The maximum Gasteiger partial charge on any atom is 0.116 e. The van der Waals surface area contributed by atoms with Crippen molar-refractivity contribution in [2.75, 3.05) is 0 Å². The van der Waals surface area contributed by atoms with Crippen LogP contribution in [0.2, 0.25) is 0 Å². The molecule has 0 aliphatic rings. The third-order valence-corrected chi connectivity index (χ3v) is 1.88. The highest BCUT2D eigenvalue weighted by atomic mass is 16.3. The maximum atomic E-state index is 9.17. The fraction of sp³-hybridized carbons (Fsp3) is 0.455. The Morgan fingerprint density at radius 3 is 1.85 bits per heavy atom. The monoisotopic (exact) mass is 181 g/mol. The van der Waals surface area contributed by atoms with Crippen LogP contribution >= 0.6 is 0 Å². The fourth-order valence-electron chi connectivity index (χ4n) is 1.29. The molecule has 0 aromatic heterocycles. The van der Waals surface area contributed by atoms with Gasteiger partial charge in [-0.05, 0) is 42.7 Å². The smallest absolute Gasteiger partial charge is 0.116 e. The average molecular weight is 181 g/mol. The highest BCUT2D eigenvalue weighted by Gasteiger charge is 2.01. The van der Waals surface area contributed by atoms with E-state index < -0.39 is 0 Å². The topological polar surface area (TPSA) is 46.2 Å². The van der Waals surface area contributed by atoms with Crippen molar-refractivity contribution in [3.05, 3.63) is 28.8 Å². The van der Waals surface area contributed by atoms with Crippen LogP contribution in [0.5, 0.6) is 5.75 Å². The Balaban J connectivity index is 0.000000671. The summed E-state index contributed by atoms with van der Waals surface area (Å²) in [6.07, 6.45) is 0. The molecular formula is C11H19NO. The number of phenols is 1. The largest absolute Gasteiger partial charge is 0.508 e. The molecule has 0 saturated heterocycles. The lowest BCUT2D eigenvalue weighted by atomic mass is 10.0. The van der Waals surface area contributed by atoms with Crippen LogP contribution in [0, 0.1) is 13.8 Å². The first-order chi connectivity index (χ1) is 6.15. The number of rotatable bonds is 1. The second-order valence-corrected chi connectivity index (χ2v) is 2.76. The molecular weight excluding hydrogens is 162 g/mol. The summed E-state index contributed by atoms with van der Waals surface area (Å²) in [5, 5.41) is 9.17. The molecule has 0 aliphatic carbocycles. The van der Waals surface area contributed by atoms with Crippen molar-refractivity contribution in [2.45, 2.75) is 34.2 Å². The van der Waals surface area contributed by atoms with E-state index in [4.69, 9.17) is 5.73 Å². The fourth-order valence-corrected chi connectivity index (χ4v) is 1.29. The van der Waals surface area contributed by atoms with Gasteiger partial charge in [-0.15, -0.1) is 0 Å². The first-order valence-corrected chi connectivity index (χ1v) is 4.64. The molecule has 1 aromatic carbocycles. The van der Waals surface area contributed by atoms with Gasteiger partial charge < -0.3 is 10.8 Å². The third kappa shape index (κ3) is 3.07. The Bertz CT molecular complexity index is 246. The van der Waals surface area contributed by atoms with E-state index in [0.717, 1.165) is 16.7 Å². The molecule has 1 aromatic rings. The standard InChI is InChI=1S/C9H13NO.C2H6/c1-6-3-8(11)4-7(2)9(6)5-10;1-2/h3-4,11H,5,10H2,1-2H3;1-2H3. The van der Waals surface area contributed by atoms with Gasteiger partial charge in [-0.3, -0.25) is 0 Å². The van der Waals surface area contributed by atoms with E-state index in [2.05, 4.69) is 0 Å². The van der Waals surface area contributed by atoms with E-state index >= 15 is 0 Å². The Labute approximate surface area is 80.4 Å². The van der Waals surface area contributed by atoms with E-state index in [-0.39, 0.29) is 0 Å². The van der Waals surface area contributed by atoms with Gasteiger partial charge in [-0.1, -0.05) is 13.8 Å². The van der Waals surface area contributed by atoms with E-state index in [1.165, 1.54) is 0 Å². The van der Waals surface area contributed by atoms with Gasteiger partial charge in [-0.25, -0.2) is 0 Å². The maximum absolute atomic E-state index is 9.17. The molecule has 0 saturated carbocycles. The molecule has 0 heterocycles. The van der Waals surface area contributed by atoms with Crippen LogP contribution < -0.4 is 5.73 Å². The molecule has 0 spiro atoms. The summed E-state index contributed by atoms with van der Waals surface area (Å²) in [5.74, 6) is 0.317. The van der Waals surface area contributed by atoms with Crippen LogP contribution in [0.1, 0.15) is 30.5 Å². The number of benzene rings is 1. The van der Waals surface area contributed by atoms with E-state index in [1.54, 1.807) is 12.1 Å². The quantitative estimate of drug-likeness (QED) is 0.699. The average Bonchev–Trinajstić information content (AvgIpc) is 2.07. The van der Waals surface area contributed by atoms with Gasteiger partial charge in [0.1, 0.15) is 5.75 Å². The molecule has 74 valence electrons. The second kappa shape index (κ2) is 5.60. The Morgan fingerprint density at radius 2 is 1.54 bits per heavy atom. The summed E-state index contributed by atoms with van der Waals surface area (Å²) in [5.41, 5.74) is 8.77. The minimum Gasteiger partial charge on any atom is -0.508 e. The molecule has 2 heteroatoms. The molecule has 0 amide bonds. The Kier molecular flexibility index (Phi) is 5.16. The van der Waals surface area contributed by atoms with Crippen molar-refractivity contribution < 1.29 is 5.11 Å². The highest BCUT2D eigenvalue weighted by Crippen LogP contribution is 2.19. The Hall–Kier alpha value is -1.02. The number of aryl methyl sites for hydroxylation is 2. The van der Waals surface area contributed by atoms with Crippen molar-refractivity contribution in [3.8, 4) is 5.75 Å². The van der Waals surface area contributed by atoms with Crippen LogP contribution in [-0.4, -0.2) is 5.11 Å². The van der Waals surface area contributed by atoms with Gasteiger partial charge in [0.05, 0.1) is 0 Å². The van der Waals surface area contributed by atoms with Crippen LogP contribution in [0.15, 0.2) is 12.1 Å². The molecule has 13 heavy (non-hydrogen) atoms. The molecule has 0 radical (unpaired) electrons. The lowest BCUT2D eigenvalue weighted by Gasteiger charge is -2.07. The third-order valence-electron chi connectivity index (χ3n) is 1.88. The summed E-state index contributed by atoms with van der Waals surface area (Å²) >= 11 is 0. The molecule has 2 nitrogen and oxygen atoms in total. The minimum atomic E-state index is 0.317. The number of hydrogen-bond acceptors (Lipinski definition) is 2. The van der Waals surface area contributed by atoms with E-state index in [0.29, 0.717) is 12.3 Å². The first-order valence-electron chi connectivity index (χ1n) is 4.64. The molecule has 1 rings (SSSR count). The van der Waals surface area contributed by atoms with Crippen LogP contribution in [0.25, 0.3) is 0 Å². The summed E-state index contributed by atoms with van der Waals surface area (Å²) < 4.78 is 0. The molecule has 0 unspecified atom stereocenters. The molecule has 0 atom stereocenters. The van der Waals surface area contributed by atoms with Gasteiger partial charge in [-0.2, -0.15) is 0 Å². The van der Waals surface area contributed by atoms with E-state index in [9.17, 15) is 5.11 Å². The summed E-state index contributed by atoms with van der Waals surface area (Å²) in [4.78, 5) is 0. The normalized spacial score (nSPS) is 9.00. The van der Waals surface area contributed by atoms with Crippen molar-refractivity contribution >= 4 is 0 Å². The second-order valence-electron chi connectivity index (χ2n) is 2.76. The highest BCUT2D eigenvalue weighted by molar-refractivity contribution is 5.40. The first kappa shape index (κ1) is 12.0. The summed E-state index contributed by atoms with van der Waals surface area (Å²) in [6, 6.07) is 3.46. The molecule has 0 bridgehead atoms. The number of aromatic hydroxyl groups is 1. The SMILES string of the molecule is CC.Cc1cc(O)cc(C)c1CN. The zero-order valence-electron chi connectivity index (χ0n) is 8.89. The van der Waals surface area contributed by atoms with Crippen molar-refractivity contribution in [2.24, 2.45) is 5.73 Å². The van der Waals surface area contributed by atoms with Gasteiger partial charge in [0, 0.05) is 6.54 Å². The van der Waals surface area contributed by atoms with Crippen LogP contribution in [-0.2, 0) is 6.54 Å². The van der Waals surface area contributed by atoms with Gasteiger partial charge in [0.2, 0.25) is 0 Å². The van der Waals surface area contributed by atoms with E-state index in [1.807, 2.05) is 27.7 Å². The zero-order valence-corrected chi connectivity index (χ0v) is 8.89. The predicted octanol–water partition coefficient (Wildman–Crippen LogP) is 2.49. The molecule has 3 N–H and O–H groups in total. The van der Waals surface area contributed by atoms with Gasteiger partial charge in [0.25, 0.3) is 0 Å². The van der Waals surface area contributed by atoms with Crippen molar-refractivity contribution in [1.29, 1.82) is 0 Å². The molecule has 0 fully saturated rings. The van der Waals surface area contributed by atoms with Crippen LogP contribution in [0.4, 0.5) is 0 Å². The van der Waals surface area contributed by atoms with Crippen LogP contribution in [0.3, 0.4) is 0 Å². The van der Waals surface area contributed by atoms with Crippen molar-refractivity contribution in [1.82, 2.24) is 0 Å². The van der Waals surface area contributed by atoms with Gasteiger partial charge in [0.15, 0.2) is 0 Å². The van der Waals surface area contributed by atoms with Gasteiger partial charge >= 0.3 is 0 Å². The Morgan fingerprint density at radius 1 is 1.15 bits per heavy atom. The summed E-state index contributed by atoms with van der Waals surface area (Å²) in [6.45, 7) is 8.45. The molecule has 0 aliphatic heterocycles. The number of phenolic OH excluding ortho intramolecular Hbond substituents is 1. The van der Waals surface area contributed by atoms with Crippen molar-refractivity contribution in [3.63, 3.8) is 0 Å². The lowest BCUT2D eigenvalue weighted by Crippen LogP contribution is -2.01. The zero-order chi connectivity index (χ0) is 10.4.